The molecule has 0 amide bonds. The van der Waals surface area contributed by atoms with E-state index in [-0.39, 0.29) is 5.97 Å². The van der Waals surface area contributed by atoms with Gasteiger partial charge in [-0.25, -0.2) is 15.6 Å². The average Bonchev–Trinajstić information content (AvgIpc) is 2.37. The van der Waals surface area contributed by atoms with Crippen LogP contribution in [0.2, 0.25) is 0 Å². The second kappa shape index (κ2) is 4.80. The number of ether oxygens (including phenoxy) is 1. The second-order valence-electron chi connectivity index (χ2n) is 3.43. The highest BCUT2D eigenvalue weighted by Crippen LogP contribution is 2.24. The third-order valence-electron chi connectivity index (χ3n) is 2.43. The van der Waals surface area contributed by atoms with Crippen LogP contribution in [0, 0.1) is 0 Å². The van der Waals surface area contributed by atoms with E-state index in [9.17, 15) is 4.79 Å². The summed E-state index contributed by atoms with van der Waals surface area (Å²) in [5.41, 5.74) is 2.95. The van der Waals surface area contributed by atoms with Gasteiger partial charge in [-0.15, -0.1) is 0 Å². The van der Waals surface area contributed by atoms with Gasteiger partial charge in [-0.05, 0) is 6.92 Å². The molecule has 5 nitrogen and oxygen atoms in total. The number of nitrogens with two attached hydrogens (primary N) is 1. The molecule has 0 bridgehead atoms. The molecular weight excluding hydrogens is 218 g/mol. The molecule has 0 spiro atoms. The Morgan fingerprint density at radius 2 is 2.12 bits per heavy atom. The molecule has 1 aromatic carbocycles. The highest BCUT2D eigenvalue weighted by Gasteiger charge is 2.13. The molecule has 0 atom stereocenters. The number of anilines is 1. The first-order valence-corrected chi connectivity index (χ1v) is 5.29. The van der Waals surface area contributed by atoms with E-state index in [4.69, 9.17) is 10.6 Å². The Balaban J connectivity index is 2.62. The fraction of sp³-hybridized carbons (Fsp3) is 0.167. The van der Waals surface area contributed by atoms with Crippen LogP contribution in [-0.4, -0.2) is 17.6 Å². The van der Waals surface area contributed by atoms with Crippen LogP contribution < -0.4 is 11.3 Å². The number of rotatable bonds is 3. The van der Waals surface area contributed by atoms with Crippen LogP contribution in [-0.2, 0) is 4.74 Å². The number of carbonyl (C=O) groups is 1. The van der Waals surface area contributed by atoms with Crippen LogP contribution in [0.3, 0.4) is 0 Å². The minimum atomic E-state index is -0.375. The number of carbonyl (C=O) groups excluding carboxylic acids is 1. The largest absolute Gasteiger partial charge is 0.462 e. The van der Waals surface area contributed by atoms with Gasteiger partial charge in [-0.3, -0.25) is 0 Å². The molecule has 0 aliphatic carbocycles. The Hall–Kier alpha value is -2.14. The van der Waals surface area contributed by atoms with Gasteiger partial charge in [0, 0.05) is 17.0 Å². The van der Waals surface area contributed by atoms with E-state index in [0.717, 1.165) is 10.8 Å². The lowest BCUT2D eigenvalue weighted by Gasteiger charge is -2.08. The number of fused-ring (bicyclic) bond motifs is 1. The third-order valence-corrected chi connectivity index (χ3v) is 2.43. The molecule has 2 aromatic rings. The number of nitrogens with zero attached hydrogens (tertiary/aromatic N) is 1. The molecule has 5 heteroatoms. The lowest BCUT2D eigenvalue weighted by molar-refractivity contribution is 0.0528. The van der Waals surface area contributed by atoms with Gasteiger partial charge in [0.15, 0.2) is 0 Å². The zero-order valence-electron chi connectivity index (χ0n) is 9.43. The molecular formula is C12H13N3O2. The molecule has 17 heavy (non-hydrogen) atoms. The van der Waals surface area contributed by atoms with Crippen molar-refractivity contribution < 1.29 is 9.53 Å². The van der Waals surface area contributed by atoms with Gasteiger partial charge in [0.05, 0.1) is 12.2 Å². The van der Waals surface area contributed by atoms with Gasteiger partial charge < -0.3 is 10.2 Å². The lowest BCUT2D eigenvalue weighted by atomic mass is 10.1. The van der Waals surface area contributed by atoms with Crippen LogP contribution in [0.1, 0.15) is 17.3 Å². The predicted molar refractivity (Wildman–Crippen MR) is 65.5 cm³/mol. The topological polar surface area (TPSA) is 77.2 Å². The smallest absolute Gasteiger partial charge is 0.340 e. The average molecular weight is 231 g/mol. The number of nitrogen functional groups attached to an aromatic ring is 1. The molecule has 0 saturated heterocycles. The van der Waals surface area contributed by atoms with E-state index < -0.39 is 0 Å². The summed E-state index contributed by atoms with van der Waals surface area (Å²) in [6, 6.07) is 7.40. The highest BCUT2D eigenvalue weighted by atomic mass is 16.5. The predicted octanol–water partition coefficient (Wildman–Crippen LogP) is 1.70. The quantitative estimate of drug-likeness (QED) is 0.477. The van der Waals surface area contributed by atoms with Gasteiger partial charge in [0.2, 0.25) is 0 Å². The lowest BCUT2D eigenvalue weighted by Crippen LogP contribution is -2.11. The van der Waals surface area contributed by atoms with Crippen molar-refractivity contribution in [2.45, 2.75) is 6.92 Å². The van der Waals surface area contributed by atoms with E-state index in [1.807, 2.05) is 24.3 Å². The monoisotopic (exact) mass is 231 g/mol. The SMILES string of the molecule is CCOC(=O)c1cnc(NN)c2ccccc12. The van der Waals surface area contributed by atoms with Gasteiger partial charge in [-0.1, -0.05) is 24.3 Å². The molecule has 3 N–H and O–H groups in total. The normalized spacial score (nSPS) is 10.2. The summed E-state index contributed by atoms with van der Waals surface area (Å²) in [6.45, 7) is 2.10. The van der Waals surface area contributed by atoms with E-state index in [1.165, 1.54) is 6.20 Å². The first-order valence-electron chi connectivity index (χ1n) is 5.29. The summed E-state index contributed by atoms with van der Waals surface area (Å²) in [7, 11) is 0. The minimum absolute atomic E-state index is 0.337. The van der Waals surface area contributed by atoms with E-state index in [1.54, 1.807) is 6.92 Å². The van der Waals surface area contributed by atoms with Crippen molar-refractivity contribution in [1.82, 2.24) is 4.98 Å². The number of benzene rings is 1. The number of esters is 1. The van der Waals surface area contributed by atoms with Crippen molar-refractivity contribution in [3.63, 3.8) is 0 Å². The molecule has 88 valence electrons. The van der Waals surface area contributed by atoms with E-state index >= 15 is 0 Å². The van der Waals surface area contributed by atoms with Crippen LogP contribution >= 0.6 is 0 Å². The maximum atomic E-state index is 11.7. The number of aromatic nitrogens is 1. The van der Waals surface area contributed by atoms with Crippen molar-refractivity contribution in [2.75, 3.05) is 12.0 Å². The van der Waals surface area contributed by atoms with Crippen molar-refractivity contribution in [2.24, 2.45) is 5.84 Å². The van der Waals surface area contributed by atoms with E-state index in [0.29, 0.717) is 18.0 Å². The van der Waals surface area contributed by atoms with Crippen molar-refractivity contribution in [3.05, 3.63) is 36.0 Å². The van der Waals surface area contributed by atoms with Gasteiger partial charge in [0.25, 0.3) is 0 Å². The van der Waals surface area contributed by atoms with Crippen LogP contribution in [0.5, 0.6) is 0 Å². The Bertz CT molecular complexity index is 554. The Labute approximate surface area is 98.6 Å². The number of nitrogens with one attached hydrogen (secondary N) is 1. The number of hydrogen-bond donors (Lipinski definition) is 2. The molecule has 0 saturated carbocycles. The molecule has 2 rings (SSSR count). The van der Waals surface area contributed by atoms with Crippen LogP contribution in [0.4, 0.5) is 5.82 Å². The summed E-state index contributed by atoms with van der Waals surface area (Å²) >= 11 is 0. The van der Waals surface area contributed by atoms with Gasteiger partial charge in [0.1, 0.15) is 5.82 Å². The highest BCUT2D eigenvalue weighted by molar-refractivity contribution is 6.07. The summed E-state index contributed by atoms with van der Waals surface area (Å²) in [5, 5.41) is 1.56. The van der Waals surface area contributed by atoms with Crippen molar-refractivity contribution in [3.8, 4) is 0 Å². The number of hydrazine groups is 1. The maximum absolute atomic E-state index is 11.7. The molecule has 0 aliphatic rings. The zero-order chi connectivity index (χ0) is 12.3. The van der Waals surface area contributed by atoms with Gasteiger partial charge >= 0.3 is 5.97 Å². The second-order valence-corrected chi connectivity index (χ2v) is 3.43. The molecule has 0 fully saturated rings. The summed E-state index contributed by atoms with van der Waals surface area (Å²) < 4.78 is 4.98. The zero-order valence-corrected chi connectivity index (χ0v) is 9.43. The van der Waals surface area contributed by atoms with Crippen molar-refractivity contribution in [1.29, 1.82) is 0 Å². The molecule has 0 radical (unpaired) electrons. The van der Waals surface area contributed by atoms with Crippen molar-refractivity contribution >= 4 is 22.6 Å². The van der Waals surface area contributed by atoms with Gasteiger partial charge in [-0.2, -0.15) is 0 Å². The molecule has 1 aromatic heterocycles. The Kier molecular flexibility index (Phi) is 3.20. The Morgan fingerprint density at radius 1 is 1.41 bits per heavy atom. The summed E-state index contributed by atoms with van der Waals surface area (Å²) in [5.74, 6) is 5.53. The maximum Gasteiger partial charge on any atom is 0.340 e. The first-order chi connectivity index (χ1) is 8.27. The first kappa shape index (κ1) is 11.3. The Morgan fingerprint density at radius 3 is 2.76 bits per heavy atom. The molecule has 0 aliphatic heterocycles. The molecule has 0 unspecified atom stereocenters. The number of hydrogen-bond acceptors (Lipinski definition) is 5. The fourth-order valence-electron chi connectivity index (χ4n) is 1.68. The van der Waals surface area contributed by atoms with Crippen LogP contribution in [0.25, 0.3) is 10.8 Å². The summed E-state index contributed by atoms with van der Waals surface area (Å²) in [6.07, 6.45) is 1.47. The standard InChI is InChI=1S/C12H13N3O2/c1-2-17-12(16)10-7-14-11(15-13)9-6-4-3-5-8(9)10/h3-7H,2,13H2,1H3,(H,14,15). The fourth-order valence-corrected chi connectivity index (χ4v) is 1.68. The van der Waals surface area contributed by atoms with Crippen LogP contribution in [0.15, 0.2) is 30.5 Å². The summed E-state index contributed by atoms with van der Waals surface area (Å²) in [4.78, 5) is 15.8. The molecule has 1 heterocycles. The third kappa shape index (κ3) is 2.05. The van der Waals surface area contributed by atoms with E-state index in [2.05, 4.69) is 10.4 Å². The minimum Gasteiger partial charge on any atom is -0.462 e. The number of pyridine rings is 1.